The number of aromatic nitrogens is 2. The fraction of sp³-hybridized carbons (Fsp3) is 0.714. The third-order valence-corrected chi connectivity index (χ3v) is 3.90. The average Bonchev–Trinajstić information content (AvgIpc) is 3.00. The molecule has 1 atom stereocenters. The van der Waals surface area contributed by atoms with Crippen LogP contribution in [-0.4, -0.2) is 48.4 Å². The molecule has 1 aromatic heterocycles. The van der Waals surface area contributed by atoms with Gasteiger partial charge in [-0.25, -0.2) is 4.98 Å². The van der Waals surface area contributed by atoms with Crippen molar-refractivity contribution >= 4 is 5.95 Å². The zero-order chi connectivity index (χ0) is 16.3. The van der Waals surface area contributed by atoms with Gasteiger partial charge in [-0.1, -0.05) is 0 Å². The van der Waals surface area contributed by atoms with E-state index >= 15 is 0 Å². The highest BCUT2D eigenvalue weighted by molar-refractivity contribution is 5.36. The van der Waals surface area contributed by atoms with Crippen molar-refractivity contribution in [1.29, 1.82) is 0 Å². The summed E-state index contributed by atoms with van der Waals surface area (Å²) in [6.07, 6.45) is -1.88. The maximum absolute atomic E-state index is 13.1. The van der Waals surface area contributed by atoms with Crippen LogP contribution in [0.3, 0.4) is 0 Å². The van der Waals surface area contributed by atoms with E-state index in [-0.39, 0.29) is 18.6 Å². The molecule has 2 fully saturated rings. The number of nitrogens with one attached hydrogen (secondary N) is 2. The molecule has 0 aromatic carbocycles. The van der Waals surface area contributed by atoms with Gasteiger partial charge in [-0.3, -0.25) is 0 Å². The summed E-state index contributed by atoms with van der Waals surface area (Å²) in [6.45, 7) is 2.48. The van der Waals surface area contributed by atoms with Crippen molar-refractivity contribution in [1.82, 2.24) is 15.3 Å². The number of ether oxygens (including phenoxy) is 2. The minimum Gasteiger partial charge on any atom is -0.471 e. The van der Waals surface area contributed by atoms with Crippen molar-refractivity contribution in [2.75, 3.05) is 31.6 Å². The molecular weight excluding hydrogens is 313 g/mol. The van der Waals surface area contributed by atoms with Crippen LogP contribution in [0.2, 0.25) is 0 Å². The molecule has 3 rings (SSSR count). The highest BCUT2D eigenvalue weighted by atomic mass is 19.4. The van der Waals surface area contributed by atoms with Crippen molar-refractivity contribution in [3.63, 3.8) is 0 Å². The number of hydrogen-bond donors (Lipinski definition) is 2. The number of nitrogens with zero attached hydrogens (tertiary/aromatic N) is 2. The second-order valence-corrected chi connectivity index (χ2v) is 5.68. The van der Waals surface area contributed by atoms with E-state index in [1.54, 1.807) is 0 Å². The second-order valence-electron chi connectivity index (χ2n) is 5.68. The molecule has 1 aromatic rings. The minimum atomic E-state index is -4.55. The van der Waals surface area contributed by atoms with Crippen molar-refractivity contribution in [3.05, 3.63) is 11.8 Å². The van der Waals surface area contributed by atoms with Gasteiger partial charge in [0.15, 0.2) is 0 Å². The SMILES string of the molecule is FC(F)(F)c1cnc(NC2CCNCC2)nc1OC1CCOC1. The molecule has 2 N–H and O–H groups in total. The Balaban J connectivity index is 1.78. The summed E-state index contributed by atoms with van der Waals surface area (Å²) < 4.78 is 49.8. The van der Waals surface area contributed by atoms with Gasteiger partial charge < -0.3 is 20.1 Å². The Kier molecular flexibility index (Phi) is 4.86. The van der Waals surface area contributed by atoms with Crippen LogP contribution in [0.4, 0.5) is 19.1 Å². The standard InChI is InChI=1S/C14H19F3N4O2/c15-14(16,17)11-7-19-13(20-9-1-4-18-5-2-9)21-12(11)23-10-3-6-22-8-10/h7,9-10,18H,1-6,8H2,(H,19,20,21). The van der Waals surface area contributed by atoms with Gasteiger partial charge in [-0.05, 0) is 25.9 Å². The zero-order valence-electron chi connectivity index (χ0n) is 12.5. The second kappa shape index (κ2) is 6.88. The lowest BCUT2D eigenvalue weighted by Crippen LogP contribution is -2.35. The Labute approximate surface area is 131 Å². The molecule has 0 amide bonds. The number of piperidine rings is 1. The first-order valence-corrected chi connectivity index (χ1v) is 7.68. The molecule has 2 aliphatic heterocycles. The topological polar surface area (TPSA) is 68.3 Å². The van der Waals surface area contributed by atoms with E-state index in [1.807, 2.05) is 0 Å². The first-order valence-electron chi connectivity index (χ1n) is 7.68. The fourth-order valence-electron chi connectivity index (χ4n) is 2.63. The zero-order valence-corrected chi connectivity index (χ0v) is 12.5. The molecule has 2 saturated heterocycles. The van der Waals surface area contributed by atoms with E-state index in [9.17, 15) is 13.2 Å². The van der Waals surface area contributed by atoms with Crippen LogP contribution in [0.1, 0.15) is 24.8 Å². The molecule has 6 nitrogen and oxygen atoms in total. The third kappa shape index (κ3) is 4.23. The molecule has 0 bridgehead atoms. The molecule has 0 radical (unpaired) electrons. The summed E-state index contributed by atoms with van der Waals surface area (Å²) in [6, 6.07) is 0.149. The predicted octanol–water partition coefficient (Wildman–Crippen LogP) is 1.83. The molecule has 0 saturated carbocycles. The lowest BCUT2D eigenvalue weighted by atomic mass is 10.1. The van der Waals surface area contributed by atoms with E-state index in [4.69, 9.17) is 9.47 Å². The maximum atomic E-state index is 13.1. The molecule has 3 heterocycles. The van der Waals surface area contributed by atoms with Crippen molar-refractivity contribution in [2.24, 2.45) is 0 Å². The van der Waals surface area contributed by atoms with E-state index < -0.39 is 23.7 Å². The minimum absolute atomic E-state index is 0.149. The summed E-state index contributed by atoms with van der Waals surface area (Å²) in [5.74, 6) is -0.266. The molecule has 1 unspecified atom stereocenters. The van der Waals surface area contributed by atoms with E-state index in [0.29, 0.717) is 13.0 Å². The smallest absolute Gasteiger partial charge is 0.423 e. The number of hydrogen-bond acceptors (Lipinski definition) is 6. The normalized spacial score (nSPS) is 23.0. The summed E-state index contributed by atoms with van der Waals surface area (Å²) in [4.78, 5) is 7.76. The Morgan fingerprint density at radius 1 is 1.26 bits per heavy atom. The first kappa shape index (κ1) is 16.3. The van der Waals surface area contributed by atoms with E-state index in [2.05, 4.69) is 20.6 Å². The van der Waals surface area contributed by atoms with Crippen molar-refractivity contribution in [2.45, 2.75) is 37.6 Å². The summed E-state index contributed by atoms with van der Waals surface area (Å²) in [5, 5.41) is 6.30. The molecule has 2 aliphatic rings. The van der Waals surface area contributed by atoms with Gasteiger partial charge >= 0.3 is 6.18 Å². The summed E-state index contributed by atoms with van der Waals surface area (Å²) >= 11 is 0. The van der Waals surface area contributed by atoms with Gasteiger partial charge in [0.2, 0.25) is 11.8 Å². The molecule has 0 aliphatic carbocycles. The summed E-state index contributed by atoms with van der Waals surface area (Å²) in [5.41, 5.74) is -0.958. The lowest BCUT2D eigenvalue weighted by Gasteiger charge is -2.24. The Bertz CT molecular complexity index is 529. The molecular formula is C14H19F3N4O2. The van der Waals surface area contributed by atoms with Crippen LogP contribution in [0.15, 0.2) is 6.20 Å². The monoisotopic (exact) mass is 332 g/mol. The molecule has 128 valence electrons. The van der Waals surface area contributed by atoms with Gasteiger partial charge in [-0.15, -0.1) is 0 Å². The average molecular weight is 332 g/mol. The van der Waals surface area contributed by atoms with E-state index in [1.165, 1.54) is 0 Å². The van der Waals surface area contributed by atoms with Crippen LogP contribution < -0.4 is 15.4 Å². The Morgan fingerprint density at radius 3 is 2.70 bits per heavy atom. The number of rotatable bonds is 4. The van der Waals surface area contributed by atoms with E-state index in [0.717, 1.165) is 32.1 Å². The lowest BCUT2D eigenvalue weighted by molar-refractivity contribution is -0.139. The highest BCUT2D eigenvalue weighted by Gasteiger charge is 2.37. The van der Waals surface area contributed by atoms with Gasteiger partial charge in [0.05, 0.1) is 13.2 Å². The molecule has 23 heavy (non-hydrogen) atoms. The largest absolute Gasteiger partial charge is 0.471 e. The fourth-order valence-corrected chi connectivity index (χ4v) is 2.63. The summed E-state index contributed by atoms with van der Waals surface area (Å²) in [7, 11) is 0. The van der Waals surface area contributed by atoms with Crippen LogP contribution in [0, 0.1) is 0 Å². The number of halogens is 3. The molecule has 9 heteroatoms. The van der Waals surface area contributed by atoms with Crippen LogP contribution in [0.5, 0.6) is 5.88 Å². The van der Waals surface area contributed by atoms with Crippen molar-refractivity contribution < 1.29 is 22.6 Å². The Morgan fingerprint density at radius 2 is 2.04 bits per heavy atom. The van der Waals surface area contributed by atoms with Gasteiger partial charge in [0.1, 0.15) is 11.7 Å². The number of anilines is 1. The Hall–Kier alpha value is -1.61. The quantitative estimate of drug-likeness (QED) is 0.877. The highest BCUT2D eigenvalue weighted by Crippen LogP contribution is 2.36. The number of alkyl halides is 3. The van der Waals surface area contributed by atoms with Crippen LogP contribution in [0.25, 0.3) is 0 Å². The predicted molar refractivity (Wildman–Crippen MR) is 76.4 cm³/mol. The molecule has 0 spiro atoms. The van der Waals surface area contributed by atoms with Crippen LogP contribution >= 0.6 is 0 Å². The van der Waals surface area contributed by atoms with Crippen LogP contribution in [-0.2, 0) is 10.9 Å². The van der Waals surface area contributed by atoms with Crippen molar-refractivity contribution in [3.8, 4) is 5.88 Å². The first-order chi connectivity index (χ1) is 11.0. The third-order valence-electron chi connectivity index (χ3n) is 3.90. The van der Waals surface area contributed by atoms with Gasteiger partial charge in [0, 0.05) is 18.7 Å². The van der Waals surface area contributed by atoms with Gasteiger partial charge in [-0.2, -0.15) is 18.2 Å². The van der Waals surface area contributed by atoms with Gasteiger partial charge in [0.25, 0.3) is 0 Å². The maximum Gasteiger partial charge on any atom is 0.423 e.